The van der Waals surface area contributed by atoms with Crippen molar-refractivity contribution in [1.82, 2.24) is 9.62 Å². The standard InChI is InChI=1S/C9H20N2O2S/c1-3-14(12,13)11-6-4-5-9(8-11)7-10-2/h9-10H,3-8H2,1-2H3. The van der Waals surface area contributed by atoms with Crippen molar-refractivity contribution in [3.8, 4) is 0 Å². The molecule has 1 aliphatic heterocycles. The van der Waals surface area contributed by atoms with Gasteiger partial charge in [0.25, 0.3) is 0 Å². The van der Waals surface area contributed by atoms with Gasteiger partial charge >= 0.3 is 0 Å². The van der Waals surface area contributed by atoms with Crippen molar-refractivity contribution in [3.63, 3.8) is 0 Å². The van der Waals surface area contributed by atoms with Crippen molar-refractivity contribution >= 4 is 10.0 Å². The van der Waals surface area contributed by atoms with E-state index in [1.54, 1.807) is 11.2 Å². The maximum Gasteiger partial charge on any atom is 0.213 e. The van der Waals surface area contributed by atoms with Gasteiger partial charge in [0.1, 0.15) is 0 Å². The molecule has 0 spiro atoms. The number of hydrogen-bond acceptors (Lipinski definition) is 3. The highest BCUT2D eigenvalue weighted by Gasteiger charge is 2.26. The maximum absolute atomic E-state index is 11.6. The molecule has 1 unspecified atom stereocenters. The number of nitrogens with one attached hydrogen (secondary N) is 1. The second kappa shape index (κ2) is 5.09. The first-order chi connectivity index (χ1) is 6.60. The van der Waals surface area contributed by atoms with Crippen LogP contribution in [0.3, 0.4) is 0 Å². The molecule has 0 aromatic heterocycles. The minimum Gasteiger partial charge on any atom is -0.319 e. The summed E-state index contributed by atoms with van der Waals surface area (Å²) in [5.41, 5.74) is 0. The van der Waals surface area contributed by atoms with E-state index < -0.39 is 10.0 Å². The van der Waals surface area contributed by atoms with Crippen LogP contribution >= 0.6 is 0 Å². The van der Waals surface area contributed by atoms with E-state index in [0.717, 1.165) is 19.4 Å². The molecule has 84 valence electrons. The molecule has 14 heavy (non-hydrogen) atoms. The molecule has 0 amide bonds. The van der Waals surface area contributed by atoms with Crippen LogP contribution in [-0.4, -0.2) is 45.2 Å². The predicted octanol–water partition coefficient (Wildman–Crippen LogP) is 0.268. The summed E-state index contributed by atoms with van der Waals surface area (Å²) < 4.78 is 24.9. The average Bonchev–Trinajstić information content (AvgIpc) is 2.19. The van der Waals surface area contributed by atoms with Gasteiger partial charge < -0.3 is 5.32 Å². The lowest BCUT2D eigenvalue weighted by Gasteiger charge is -2.31. The SMILES string of the molecule is CCS(=O)(=O)N1CCCC(CNC)C1. The topological polar surface area (TPSA) is 49.4 Å². The van der Waals surface area contributed by atoms with Crippen LogP contribution in [0.2, 0.25) is 0 Å². The molecule has 0 bridgehead atoms. The lowest BCUT2D eigenvalue weighted by molar-refractivity contribution is 0.263. The molecule has 0 saturated carbocycles. The summed E-state index contributed by atoms with van der Waals surface area (Å²) in [6.07, 6.45) is 2.13. The van der Waals surface area contributed by atoms with E-state index in [1.165, 1.54) is 0 Å². The zero-order valence-electron chi connectivity index (χ0n) is 8.99. The number of rotatable bonds is 4. The van der Waals surface area contributed by atoms with Crippen LogP contribution < -0.4 is 5.32 Å². The Labute approximate surface area is 86.7 Å². The highest BCUT2D eigenvalue weighted by molar-refractivity contribution is 7.89. The molecule has 1 fully saturated rings. The molecule has 5 heteroatoms. The molecular weight excluding hydrogens is 200 g/mol. The third kappa shape index (κ3) is 2.93. The lowest BCUT2D eigenvalue weighted by atomic mass is 10.00. The van der Waals surface area contributed by atoms with Gasteiger partial charge in [-0.2, -0.15) is 0 Å². The maximum atomic E-state index is 11.6. The van der Waals surface area contributed by atoms with E-state index in [4.69, 9.17) is 0 Å². The molecule has 4 nitrogen and oxygen atoms in total. The Hall–Kier alpha value is -0.130. The predicted molar refractivity (Wildman–Crippen MR) is 57.7 cm³/mol. The Kier molecular flexibility index (Phi) is 4.34. The van der Waals surface area contributed by atoms with Crippen LogP contribution in [0.1, 0.15) is 19.8 Å². The van der Waals surface area contributed by atoms with E-state index >= 15 is 0 Å². The lowest BCUT2D eigenvalue weighted by Crippen LogP contribution is -2.43. The summed E-state index contributed by atoms with van der Waals surface area (Å²) in [5.74, 6) is 0.703. The van der Waals surface area contributed by atoms with E-state index in [1.807, 2.05) is 7.05 Å². The third-order valence-electron chi connectivity index (χ3n) is 2.73. The Morgan fingerprint density at radius 3 is 2.79 bits per heavy atom. The summed E-state index contributed by atoms with van der Waals surface area (Å²) >= 11 is 0. The Morgan fingerprint density at radius 1 is 1.50 bits per heavy atom. The van der Waals surface area contributed by atoms with Gasteiger partial charge in [-0.1, -0.05) is 0 Å². The zero-order valence-corrected chi connectivity index (χ0v) is 9.81. The second-order valence-electron chi connectivity index (χ2n) is 3.82. The Balaban J connectivity index is 2.56. The third-order valence-corrected chi connectivity index (χ3v) is 4.58. The zero-order chi connectivity index (χ0) is 10.6. The molecule has 0 aromatic carbocycles. The molecule has 0 aliphatic carbocycles. The van der Waals surface area contributed by atoms with Crippen LogP contribution in [-0.2, 0) is 10.0 Å². The first kappa shape index (κ1) is 11.9. The Bertz CT molecular complexity index is 262. The van der Waals surface area contributed by atoms with Crippen LogP contribution in [0.25, 0.3) is 0 Å². The summed E-state index contributed by atoms with van der Waals surface area (Å²) in [6, 6.07) is 0. The number of hydrogen-bond donors (Lipinski definition) is 1. The number of nitrogens with zero attached hydrogens (tertiary/aromatic N) is 1. The minimum absolute atomic E-state index is 0.222. The van der Waals surface area contributed by atoms with Crippen molar-refractivity contribution in [1.29, 1.82) is 0 Å². The second-order valence-corrected chi connectivity index (χ2v) is 6.08. The highest BCUT2D eigenvalue weighted by atomic mass is 32.2. The van der Waals surface area contributed by atoms with Crippen LogP contribution in [0.5, 0.6) is 0 Å². The first-order valence-corrected chi connectivity index (χ1v) is 6.83. The quantitative estimate of drug-likeness (QED) is 0.740. The molecule has 1 heterocycles. The van der Waals surface area contributed by atoms with Crippen molar-refractivity contribution in [2.24, 2.45) is 5.92 Å². The molecule has 1 saturated heterocycles. The van der Waals surface area contributed by atoms with Gasteiger partial charge in [0.05, 0.1) is 5.75 Å². The summed E-state index contributed by atoms with van der Waals surface area (Å²) in [4.78, 5) is 0. The van der Waals surface area contributed by atoms with E-state index in [0.29, 0.717) is 19.0 Å². The summed E-state index contributed by atoms with van der Waals surface area (Å²) in [6.45, 7) is 4.01. The van der Waals surface area contributed by atoms with Crippen LogP contribution in [0.4, 0.5) is 0 Å². The largest absolute Gasteiger partial charge is 0.319 e. The van der Waals surface area contributed by atoms with Gasteiger partial charge in [0.15, 0.2) is 0 Å². The average molecular weight is 220 g/mol. The van der Waals surface area contributed by atoms with Crippen molar-refractivity contribution in [2.45, 2.75) is 19.8 Å². The van der Waals surface area contributed by atoms with E-state index in [9.17, 15) is 8.42 Å². The van der Waals surface area contributed by atoms with E-state index in [2.05, 4.69) is 5.32 Å². The number of piperidine rings is 1. The van der Waals surface area contributed by atoms with Crippen LogP contribution in [0.15, 0.2) is 0 Å². The van der Waals surface area contributed by atoms with Gasteiger partial charge in [-0.3, -0.25) is 0 Å². The molecule has 1 N–H and O–H groups in total. The fourth-order valence-corrected chi connectivity index (χ4v) is 3.13. The van der Waals surface area contributed by atoms with Gasteiger partial charge in [-0.05, 0) is 39.3 Å². The smallest absolute Gasteiger partial charge is 0.213 e. The number of sulfonamides is 1. The van der Waals surface area contributed by atoms with Gasteiger partial charge in [0.2, 0.25) is 10.0 Å². The summed E-state index contributed by atoms with van der Waals surface area (Å²) in [7, 11) is -1.06. The normalized spacial score (nSPS) is 25.1. The monoisotopic (exact) mass is 220 g/mol. The van der Waals surface area contributed by atoms with Crippen molar-refractivity contribution in [2.75, 3.05) is 32.4 Å². The van der Waals surface area contributed by atoms with Gasteiger partial charge in [0, 0.05) is 13.1 Å². The van der Waals surface area contributed by atoms with Gasteiger partial charge in [-0.25, -0.2) is 12.7 Å². The van der Waals surface area contributed by atoms with Crippen molar-refractivity contribution < 1.29 is 8.42 Å². The van der Waals surface area contributed by atoms with Crippen molar-refractivity contribution in [3.05, 3.63) is 0 Å². The van der Waals surface area contributed by atoms with Crippen LogP contribution in [0, 0.1) is 5.92 Å². The molecular formula is C9H20N2O2S. The fourth-order valence-electron chi connectivity index (χ4n) is 1.92. The molecule has 0 radical (unpaired) electrons. The molecule has 1 rings (SSSR count). The molecule has 0 aromatic rings. The molecule has 1 aliphatic rings. The molecule has 1 atom stereocenters. The van der Waals surface area contributed by atoms with Gasteiger partial charge in [-0.15, -0.1) is 0 Å². The first-order valence-electron chi connectivity index (χ1n) is 5.22. The highest BCUT2D eigenvalue weighted by Crippen LogP contribution is 2.18. The minimum atomic E-state index is -2.97. The van der Waals surface area contributed by atoms with E-state index in [-0.39, 0.29) is 5.75 Å². The summed E-state index contributed by atoms with van der Waals surface area (Å²) in [5, 5.41) is 3.11. The Morgan fingerprint density at radius 2 is 2.21 bits per heavy atom. The fraction of sp³-hybridized carbons (Fsp3) is 1.00.